The molecule has 0 saturated heterocycles. The zero-order valence-electron chi connectivity index (χ0n) is 19.4. The smallest absolute Gasteiger partial charge is 0.103 e. The van der Waals surface area contributed by atoms with Crippen molar-refractivity contribution in [2.45, 2.75) is 52.1 Å². The molecule has 0 bridgehead atoms. The second kappa shape index (κ2) is 11.1. The lowest BCUT2D eigenvalue weighted by Crippen LogP contribution is -3.15. The molecule has 2 heteroatoms. The summed E-state index contributed by atoms with van der Waals surface area (Å²) in [5.74, 6) is 0.784. The normalized spacial score (nSPS) is 15.2. The van der Waals surface area contributed by atoms with Gasteiger partial charge < -0.3 is 4.90 Å². The summed E-state index contributed by atoms with van der Waals surface area (Å²) in [4.78, 5) is 6.22. The molecule has 0 radical (unpaired) electrons. The van der Waals surface area contributed by atoms with E-state index in [0.29, 0.717) is 17.9 Å². The zero-order chi connectivity index (χ0) is 22.2. The van der Waals surface area contributed by atoms with Crippen LogP contribution in [0, 0.1) is 5.92 Å². The van der Waals surface area contributed by atoms with E-state index in [1.54, 1.807) is 4.90 Å². The van der Waals surface area contributed by atoms with E-state index in [0.717, 1.165) is 31.4 Å². The standard InChI is InChI=1S/C29H36N2/c1-6-24(22(4)5)21-31(20-23-14-10-9-11-15-23)29(8-3)25(7-2)26-18-19-30-28-17-13-12-16-27(26)28/h6,9-19,24-25,29H,1,4,7-8,20-21H2,2-3,5H3/p+1. The predicted octanol–water partition coefficient (Wildman–Crippen LogP) is 5.97. The third kappa shape index (κ3) is 5.51. The molecule has 0 aliphatic rings. The van der Waals surface area contributed by atoms with Crippen LogP contribution in [0.4, 0.5) is 0 Å². The lowest BCUT2D eigenvalue weighted by molar-refractivity contribution is -0.942. The van der Waals surface area contributed by atoms with Crippen molar-refractivity contribution >= 4 is 10.9 Å². The molecule has 0 spiro atoms. The van der Waals surface area contributed by atoms with Crippen molar-refractivity contribution in [3.63, 3.8) is 0 Å². The van der Waals surface area contributed by atoms with Gasteiger partial charge in [-0.05, 0) is 37.5 Å². The summed E-state index contributed by atoms with van der Waals surface area (Å²) < 4.78 is 0. The largest absolute Gasteiger partial charge is 0.328 e. The Labute approximate surface area is 188 Å². The van der Waals surface area contributed by atoms with Crippen LogP contribution in [0.25, 0.3) is 10.9 Å². The van der Waals surface area contributed by atoms with Crippen LogP contribution in [0.15, 0.2) is 91.7 Å². The second-order valence-electron chi connectivity index (χ2n) is 8.66. The summed E-state index contributed by atoms with van der Waals surface area (Å²) in [6, 6.07) is 22.2. The van der Waals surface area contributed by atoms with Gasteiger partial charge in [0.05, 0.1) is 18.1 Å². The molecule has 0 fully saturated rings. The number of benzene rings is 2. The molecule has 0 amide bonds. The highest BCUT2D eigenvalue weighted by molar-refractivity contribution is 5.82. The lowest BCUT2D eigenvalue weighted by atomic mass is 9.84. The van der Waals surface area contributed by atoms with Gasteiger partial charge in [0, 0.05) is 29.0 Å². The van der Waals surface area contributed by atoms with Crippen molar-refractivity contribution in [3.8, 4) is 0 Å². The van der Waals surface area contributed by atoms with Gasteiger partial charge in [0.15, 0.2) is 0 Å². The average molecular weight is 414 g/mol. The minimum atomic E-state index is 0.319. The number of pyridine rings is 1. The third-order valence-electron chi connectivity index (χ3n) is 6.65. The zero-order valence-corrected chi connectivity index (χ0v) is 19.4. The van der Waals surface area contributed by atoms with Gasteiger partial charge in [-0.25, -0.2) is 0 Å². The van der Waals surface area contributed by atoms with Gasteiger partial charge in [0.1, 0.15) is 6.54 Å². The van der Waals surface area contributed by atoms with Crippen molar-refractivity contribution in [2.24, 2.45) is 5.92 Å². The average Bonchev–Trinajstić information content (AvgIpc) is 2.80. The molecule has 1 N–H and O–H groups in total. The molecule has 1 heterocycles. The van der Waals surface area contributed by atoms with Crippen LogP contribution in [-0.2, 0) is 6.54 Å². The van der Waals surface area contributed by atoms with Crippen LogP contribution in [0.2, 0.25) is 0 Å². The fourth-order valence-corrected chi connectivity index (χ4v) is 4.97. The first-order valence-electron chi connectivity index (χ1n) is 11.6. The Morgan fingerprint density at radius 1 is 1.00 bits per heavy atom. The van der Waals surface area contributed by atoms with Crippen molar-refractivity contribution in [1.82, 2.24) is 4.98 Å². The second-order valence-corrected chi connectivity index (χ2v) is 8.66. The van der Waals surface area contributed by atoms with Gasteiger partial charge in [-0.3, -0.25) is 4.98 Å². The summed E-state index contributed by atoms with van der Waals surface area (Å²) >= 11 is 0. The van der Waals surface area contributed by atoms with E-state index in [1.165, 1.54) is 22.1 Å². The molecule has 2 aromatic carbocycles. The van der Waals surface area contributed by atoms with Crippen LogP contribution in [0.1, 0.15) is 50.7 Å². The number of hydrogen-bond donors (Lipinski definition) is 1. The highest BCUT2D eigenvalue weighted by Crippen LogP contribution is 2.30. The van der Waals surface area contributed by atoms with Crippen molar-refractivity contribution < 1.29 is 4.90 Å². The van der Waals surface area contributed by atoms with E-state index < -0.39 is 0 Å². The van der Waals surface area contributed by atoms with E-state index in [9.17, 15) is 0 Å². The minimum Gasteiger partial charge on any atom is -0.328 e. The first-order chi connectivity index (χ1) is 15.1. The molecular formula is C29H37N2+. The van der Waals surface area contributed by atoms with E-state index >= 15 is 0 Å². The maximum atomic E-state index is 4.61. The van der Waals surface area contributed by atoms with Gasteiger partial charge in [0.25, 0.3) is 0 Å². The Hall–Kier alpha value is -2.71. The number of nitrogens with zero attached hydrogens (tertiary/aromatic N) is 1. The molecule has 1 aromatic heterocycles. The quantitative estimate of drug-likeness (QED) is 0.383. The molecule has 0 aliphatic carbocycles. The molecule has 4 unspecified atom stereocenters. The Bertz CT molecular complexity index is 987. The number of nitrogens with one attached hydrogen (secondary N) is 1. The minimum absolute atomic E-state index is 0.319. The molecule has 0 aliphatic heterocycles. The number of hydrogen-bond acceptors (Lipinski definition) is 1. The number of para-hydroxylation sites is 1. The monoisotopic (exact) mass is 413 g/mol. The first-order valence-corrected chi connectivity index (χ1v) is 11.6. The van der Waals surface area contributed by atoms with Crippen LogP contribution >= 0.6 is 0 Å². The molecule has 3 aromatic rings. The first kappa shape index (κ1) is 23.0. The van der Waals surface area contributed by atoms with Gasteiger partial charge in [-0.15, -0.1) is 6.58 Å². The van der Waals surface area contributed by atoms with Crippen LogP contribution < -0.4 is 4.90 Å². The summed E-state index contributed by atoms with van der Waals surface area (Å²) in [5.41, 5.74) is 5.09. The molecule has 162 valence electrons. The lowest BCUT2D eigenvalue weighted by Gasteiger charge is -2.36. The van der Waals surface area contributed by atoms with Gasteiger partial charge in [-0.2, -0.15) is 0 Å². The number of fused-ring (bicyclic) bond motifs is 1. The Kier molecular flexibility index (Phi) is 8.20. The number of quaternary nitrogens is 1. The topological polar surface area (TPSA) is 17.3 Å². The van der Waals surface area contributed by atoms with E-state index in [4.69, 9.17) is 0 Å². The molecule has 2 nitrogen and oxygen atoms in total. The van der Waals surface area contributed by atoms with Crippen LogP contribution in [0.3, 0.4) is 0 Å². The predicted molar refractivity (Wildman–Crippen MR) is 133 cm³/mol. The fraction of sp³-hybridized carbons (Fsp3) is 0.345. The number of rotatable bonds is 11. The SMILES string of the molecule is C=CC(C[NH+](Cc1ccccc1)C(CC)C(CC)c1ccnc2ccccc12)C(=C)C. The van der Waals surface area contributed by atoms with Gasteiger partial charge >= 0.3 is 0 Å². The summed E-state index contributed by atoms with van der Waals surface area (Å²) in [5, 5.41) is 1.29. The summed E-state index contributed by atoms with van der Waals surface area (Å²) in [6.45, 7) is 17.2. The molecule has 4 atom stereocenters. The molecule has 0 saturated carbocycles. The summed E-state index contributed by atoms with van der Waals surface area (Å²) in [7, 11) is 0. The fourth-order valence-electron chi connectivity index (χ4n) is 4.97. The maximum Gasteiger partial charge on any atom is 0.103 e. The van der Waals surface area contributed by atoms with E-state index in [2.05, 4.69) is 106 Å². The van der Waals surface area contributed by atoms with Crippen molar-refractivity contribution in [2.75, 3.05) is 6.54 Å². The van der Waals surface area contributed by atoms with Crippen LogP contribution in [0.5, 0.6) is 0 Å². The van der Waals surface area contributed by atoms with Crippen molar-refractivity contribution in [1.29, 1.82) is 0 Å². The van der Waals surface area contributed by atoms with Crippen molar-refractivity contribution in [3.05, 3.63) is 103 Å². The third-order valence-corrected chi connectivity index (χ3v) is 6.65. The van der Waals surface area contributed by atoms with E-state index in [-0.39, 0.29) is 0 Å². The highest BCUT2D eigenvalue weighted by Gasteiger charge is 2.32. The Balaban J connectivity index is 2.02. The highest BCUT2D eigenvalue weighted by atomic mass is 15.2. The maximum absolute atomic E-state index is 4.61. The Morgan fingerprint density at radius 3 is 2.35 bits per heavy atom. The van der Waals surface area contributed by atoms with Gasteiger partial charge in [0.2, 0.25) is 0 Å². The molecule has 31 heavy (non-hydrogen) atoms. The summed E-state index contributed by atoms with van der Waals surface area (Å²) in [6.07, 6.45) is 6.28. The van der Waals surface area contributed by atoms with E-state index in [1.807, 2.05) is 6.20 Å². The molecule has 3 rings (SSSR count). The number of aromatic nitrogens is 1. The van der Waals surface area contributed by atoms with Crippen LogP contribution in [-0.4, -0.2) is 17.6 Å². The molecular weight excluding hydrogens is 376 g/mol. The van der Waals surface area contributed by atoms with Gasteiger partial charge in [-0.1, -0.05) is 80.6 Å². The Morgan fingerprint density at radius 2 is 1.71 bits per heavy atom.